The summed E-state index contributed by atoms with van der Waals surface area (Å²) in [7, 11) is 0. The van der Waals surface area contributed by atoms with Gasteiger partial charge in [0.15, 0.2) is 11.5 Å². The third-order valence-electron chi connectivity index (χ3n) is 2.63. The van der Waals surface area contributed by atoms with Gasteiger partial charge in [0.25, 0.3) is 0 Å². The third-order valence-corrected chi connectivity index (χ3v) is 2.98. The van der Waals surface area contributed by atoms with Crippen LogP contribution in [0.1, 0.15) is 32.8 Å². The smallest absolute Gasteiger partial charge is 0.162 e. The van der Waals surface area contributed by atoms with E-state index in [9.17, 15) is 5.11 Å². The Labute approximate surface area is 126 Å². The Kier molecular flexibility index (Phi) is 7.73. The van der Waals surface area contributed by atoms with Crippen LogP contribution in [-0.4, -0.2) is 31.0 Å². The monoisotopic (exact) mass is 301 g/mol. The van der Waals surface area contributed by atoms with E-state index in [1.807, 2.05) is 13.0 Å². The Balaban J connectivity index is 2.82. The first-order valence-corrected chi connectivity index (χ1v) is 7.43. The van der Waals surface area contributed by atoms with Gasteiger partial charge in [0.2, 0.25) is 0 Å². The van der Waals surface area contributed by atoms with E-state index in [0.717, 1.165) is 12.0 Å². The SMILES string of the molecule is CCCOc1cc(Cl)c(CNCC(C)O)cc1OCC. The quantitative estimate of drug-likeness (QED) is 0.736. The zero-order valence-electron chi connectivity index (χ0n) is 12.4. The molecule has 0 aliphatic carbocycles. The van der Waals surface area contributed by atoms with Crippen LogP contribution in [0, 0.1) is 0 Å². The number of benzene rings is 1. The maximum absolute atomic E-state index is 9.24. The fourth-order valence-corrected chi connectivity index (χ4v) is 1.94. The van der Waals surface area contributed by atoms with E-state index in [0.29, 0.717) is 42.8 Å². The minimum atomic E-state index is -0.382. The molecule has 4 nitrogen and oxygen atoms in total. The van der Waals surface area contributed by atoms with Crippen molar-refractivity contribution in [1.82, 2.24) is 5.32 Å². The van der Waals surface area contributed by atoms with Gasteiger partial charge in [-0.05, 0) is 31.9 Å². The Morgan fingerprint density at radius 1 is 1.25 bits per heavy atom. The van der Waals surface area contributed by atoms with E-state index in [4.69, 9.17) is 21.1 Å². The van der Waals surface area contributed by atoms with Gasteiger partial charge < -0.3 is 19.9 Å². The lowest BCUT2D eigenvalue weighted by Crippen LogP contribution is -2.24. The van der Waals surface area contributed by atoms with E-state index < -0.39 is 0 Å². The lowest BCUT2D eigenvalue weighted by Gasteiger charge is -2.15. The van der Waals surface area contributed by atoms with E-state index in [1.165, 1.54) is 0 Å². The summed E-state index contributed by atoms with van der Waals surface area (Å²) in [5.41, 5.74) is 0.930. The maximum atomic E-state index is 9.24. The molecule has 114 valence electrons. The second-order valence-electron chi connectivity index (χ2n) is 4.65. The van der Waals surface area contributed by atoms with E-state index >= 15 is 0 Å². The van der Waals surface area contributed by atoms with E-state index in [2.05, 4.69) is 12.2 Å². The van der Waals surface area contributed by atoms with Crippen LogP contribution in [0.5, 0.6) is 11.5 Å². The molecule has 0 saturated carbocycles. The van der Waals surface area contributed by atoms with Gasteiger partial charge in [-0.15, -0.1) is 0 Å². The highest BCUT2D eigenvalue weighted by molar-refractivity contribution is 6.31. The molecule has 1 aromatic rings. The molecule has 0 radical (unpaired) electrons. The highest BCUT2D eigenvalue weighted by Crippen LogP contribution is 2.33. The molecule has 0 bridgehead atoms. The van der Waals surface area contributed by atoms with E-state index in [-0.39, 0.29) is 6.10 Å². The predicted octanol–water partition coefficient (Wildman–Crippen LogP) is 3.00. The van der Waals surface area contributed by atoms with Crippen molar-refractivity contribution >= 4 is 11.6 Å². The first-order chi connectivity index (χ1) is 9.58. The van der Waals surface area contributed by atoms with Crippen LogP contribution in [0.2, 0.25) is 5.02 Å². The van der Waals surface area contributed by atoms with Gasteiger partial charge in [0.1, 0.15) is 0 Å². The average molecular weight is 302 g/mol. The Bertz CT molecular complexity index is 410. The molecule has 1 aromatic carbocycles. The Hall–Kier alpha value is -0.970. The summed E-state index contributed by atoms with van der Waals surface area (Å²) in [5, 5.41) is 13.0. The van der Waals surface area contributed by atoms with Gasteiger partial charge in [0.05, 0.1) is 19.3 Å². The molecule has 5 heteroatoms. The minimum absolute atomic E-state index is 0.382. The molecule has 1 unspecified atom stereocenters. The molecule has 1 atom stereocenters. The number of halogens is 1. The highest BCUT2D eigenvalue weighted by Gasteiger charge is 2.11. The molecule has 0 aliphatic rings. The molecular formula is C15H24ClNO3. The number of aliphatic hydroxyl groups is 1. The van der Waals surface area contributed by atoms with E-state index in [1.54, 1.807) is 13.0 Å². The summed E-state index contributed by atoms with van der Waals surface area (Å²) in [6.07, 6.45) is 0.549. The molecule has 2 N–H and O–H groups in total. The first kappa shape index (κ1) is 17.1. The largest absolute Gasteiger partial charge is 0.490 e. The average Bonchev–Trinajstić information content (AvgIpc) is 2.40. The van der Waals surface area contributed by atoms with Crippen molar-refractivity contribution in [1.29, 1.82) is 0 Å². The first-order valence-electron chi connectivity index (χ1n) is 7.05. The van der Waals surface area contributed by atoms with Crippen LogP contribution in [0.3, 0.4) is 0 Å². The molecule has 0 aliphatic heterocycles. The fraction of sp³-hybridized carbons (Fsp3) is 0.600. The molecule has 1 rings (SSSR count). The zero-order chi connectivity index (χ0) is 15.0. The standard InChI is InChI=1S/C15H24ClNO3/c1-4-6-20-15-8-13(16)12(7-14(15)19-5-2)10-17-9-11(3)18/h7-8,11,17-18H,4-6,9-10H2,1-3H3. The third kappa shape index (κ3) is 5.57. The normalized spacial score (nSPS) is 12.2. The lowest BCUT2D eigenvalue weighted by molar-refractivity contribution is 0.191. The molecule has 0 fully saturated rings. The molecular weight excluding hydrogens is 278 g/mol. The highest BCUT2D eigenvalue weighted by atomic mass is 35.5. The van der Waals surface area contributed by atoms with Crippen LogP contribution in [0.15, 0.2) is 12.1 Å². The lowest BCUT2D eigenvalue weighted by atomic mass is 10.2. The van der Waals surface area contributed by atoms with Crippen molar-refractivity contribution in [3.63, 3.8) is 0 Å². The van der Waals surface area contributed by atoms with Gasteiger partial charge in [-0.25, -0.2) is 0 Å². The molecule has 0 aromatic heterocycles. The topological polar surface area (TPSA) is 50.7 Å². The summed E-state index contributed by atoms with van der Waals surface area (Å²) < 4.78 is 11.2. The Morgan fingerprint density at radius 2 is 1.95 bits per heavy atom. The fourth-order valence-electron chi connectivity index (χ4n) is 1.72. The second-order valence-corrected chi connectivity index (χ2v) is 5.06. The molecule has 0 heterocycles. The predicted molar refractivity (Wildman–Crippen MR) is 81.8 cm³/mol. The second kappa shape index (κ2) is 9.06. The van der Waals surface area contributed by atoms with Crippen molar-refractivity contribution in [2.75, 3.05) is 19.8 Å². The summed E-state index contributed by atoms with van der Waals surface area (Å²) in [6.45, 7) is 8.04. The molecule has 0 saturated heterocycles. The summed E-state index contributed by atoms with van der Waals surface area (Å²) in [4.78, 5) is 0. The number of nitrogens with one attached hydrogen (secondary N) is 1. The number of hydrogen-bond acceptors (Lipinski definition) is 4. The molecule has 0 amide bonds. The number of rotatable bonds is 9. The van der Waals surface area contributed by atoms with Gasteiger partial charge in [0, 0.05) is 24.2 Å². The molecule has 20 heavy (non-hydrogen) atoms. The number of aliphatic hydroxyl groups excluding tert-OH is 1. The van der Waals surface area contributed by atoms with Gasteiger partial charge >= 0.3 is 0 Å². The van der Waals surface area contributed by atoms with Crippen LogP contribution in [0.4, 0.5) is 0 Å². The minimum Gasteiger partial charge on any atom is -0.490 e. The number of hydrogen-bond donors (Lipinski definition) is 2. The zero-order valence-corrected chi connectivity index (χ0v) is 13.2. The maximum Gasteiger partial charge on any atom is 0.162 e. The summed E-state index contributed by atoms with van der Waals surface area (Å²) in [6, 6.07) is 3.69. The van der Waals surface area contributed by atoms with Crippen LogP contribution < -0.4 is 14.8 Å². The van der Waals surface area contributed by atoms with Crippen LogP contribution >= 0.6 is 11.6 Å². The van der Waals surface area contributed by atoms with Crippen molar-refractivity contribution < 1.29 is 14.6 Å². The number of ether oxygens (including phenoxy) is 2. The van der Waals surface area contributed by atoms with Crippen molar-refractivity contribution in [2.24, 2.45) is 0 Å². The summed E-state index contributed by atoms with van der Waals surface area (Å²) >= 11 is 6.26. The van der Waals surface area contributed by atoms with Crippen LogP contribution in [0.25, 0.3) is 0 Å². The van der Waals surface area contributed by atoms with Gasteiger partial charge in [-0.2, -0.15) is 0 Å². The van der Waals surface area contributed by atoms with Gasteiger partial charge in [-0.1, -0.05) is 18.5 Å². The molecule has 0 spiro atoms. The van der Waals surface area contributed by atoms with Crippen molar-refractivity contribution in [3.8, 4) is 11.5 Å². The van der Waals surface area contributed by atoms with Crippen LogP contribution in [-0.2, 0) is 6.54 Å². The van der Waals surface area contributed by atoms with Crippen molar-refractivity contribution in [3.05, 3.63) is 22.7 Å². The van der Waals surface area contributed by atoms with Crippen molar-refractivity contribution in [2.45, 2.75) is 39.8 Å². The van der Waals surface area contributed by atoms with Gasteiger partial charge in [-0.3, -0.25) is 0 Å². The summed E-state index contributed by atoms with van der Waals surface area (Å²) in [5.74, 6) is 1.39. The Morgan fingerprint density at radius 3 is 2.55 bits per heavy atom.